The summed E-state index contributed by atoms with van der Waals surface area (Å²) in [5.41, 5.74) is 2.43. The summed E-state index contributed by atoms with van der Waals surface area (Å²) >= 11 is 7.95. The predicted molar refractivity (Wildman–Crippen MR) is 135 cm³/mol. The van der Waals surface area contributed by atoms with Crippen molar-refractivity contribution in [3.05, 3.63) is 50.9 Å². The summed E-state index contributed by atoms with van der Waals surface area (Å²) in [6, 6.07) is 8.65. The maximum absolute atomic E-state index is 6.25. The van der Waals surface area contributed by atoms with Crippen LogP contribution in [-0.2, 0) is 6.42 Å². The van der Waals surface area contributed by atoms with E-state index in [0.717, 1.165) is 47.7 Å². The first kappa shape index (κ1) is 24.4. The van der Waals surface area contributed by atoms with Gasteiger partial charge in [0.05, 0.1) is 10.7 Å². The Hall–Kier alpha value is -0.900. The lowest BCUT2D eigenvalue weighted by molar-refractivity contribution is 0.122. The molecule has 0 bridgehead atoms. The van der Waals surface area contributed by atoms with Gasteiger partial charge in [0.25, 0.3) is 0 Å². The standard InChI is InChI=1S/C21H30ClN5S.HI/c1-15-26-19(14-28-15)9-10-24-21(23-2)25-13-17-7-5-11-27(3)20(17)16-6-4-8-18(22)12-16;/h4,6,8,12,14,17,20H,5,7,9-11,13H2,1-3H3,(H2,23,24,25);1H. The lowest BCUT2D eigenvalue weighted by atomic mass is 9.85. The minimum absolute atomic E-state index is 0. The van der Waals surface area contributed by atoms with E-state index in [1.165, 1.54) is 18.4 Å². The number of aromatic nitrogens is 1. The fraction of sp³-hybridized carbons (Fsp3) is 0.524. The Morgan fingerprint density at radius 3 is 2.90 bits per heavy atom. The van der Waals surface area contributed by atoms with Gasteiger partial charge < -0.3 is 10.6 Å². The summed E-state index contributed by atoms with van der Waals surface area (Å²) in [6.45, 7) is 4.87. The monoisotopic (exact) mass is 547 g/mol. The van der Waals surface area contributed by atoms with Crippen LogP contribution in [0.2, 0.25) is 5.02 Å². The minimum atomic E-state index is 0. The molecule has 2 N–H and O–H groups in total. The molecule has 1 aliphatic rings. The van der Waals surface area contributed by atoms with Crippen molar-refractivity contribution in [3.8, 4) is 0 Å². The smallest absolute Gasteiger partial charge is 0.190 e. The van der Waals surface area contributed by atoms with Gasteiger partial charge in [-0.25, -0.2) is 4.98 Å². The molecule has 0 amide bonds. The molecule has 1 aromatic carbocycles. The highest BCUT2D eigenvalue weighted by atomic mass is 127. The molecule has 0 aliphatic carbocycles. The van der Waals surface area contributed by atoms with Crippen LogP contribution in [-0.4, -0.2) is 49.6 Å². The van der Waals surface area contributed by atoms with Crippen LogP contribution in [0.15, 0.2) is 34.6 Å². The molecule has 2 aromatic rings. The largest absolute Gasteiger partial charge is 0.356 e. The number of guanidine groups is 1. The Labute approximate surface area is 200 Å². The van der Waals surface area contributed by atoms with Crippen LogP contribution in [0, 0.1) is 12.8 Å². The maximum Gasteiger partial charge on any atom is 0.190 e. The van der Waals surface area contributed by atoms with E-state index in [4.69, 9.17) is 11.6 Å². The second-order valence-electron chi connectivity index (χ2n) is 7.37. The quantitative estimate of drug-likeness (QED) is 0.317. The molecule has 29 heavy (non-hydrogen) atoms. The van der Waals surface area contributed by atoms with Gasteiger partial charge in [-0.15, -0.1) is 35.3 Å². The third-order valence-electron chi connectivity index (χ3n) is 5.29. The Morgan fingerprint density at radius 1 is 1.38 bits per heavy atom. The Kier molecular flexibility index (Phi) is 10.1. The third kappa shape index (κ3) is 7.08. The van der Waals surface area contributed by atoms with E-state index in [9.17, 15) is 0 Å². The summed E-state index contributed by atoms with van der Waals surface area (Å²) in [6.07, 6.45) is 3.32. The molecule has 3 rings (SSSR count). The van der Waals surface area contributed by atoms with Crippen molar-refractivity contribution < 1.29 is 0 Å². The SMILES string of the molecule is CN=C(NCCc1csc(C)n1)NCC1CCCN(C)C1c1cccc(Cl)c1.I. The van der Waals surface area contributed by atoms with E-state index >= 15 is 0 Å². The molecule has 160 valence electrons. The Bertz CT molecular complexity index is 797. The molecule has 2 unspecified atom stereocenters. The van der Waals surface area contributed by atoms with Gasteiger partial charge in [-0.1, -0.05) is 23.7 Å². The van der Waals surface area contributed by atoms with Gasteiger partial charge in [-0.05, 0) is 57.0 Å². The summed E-state index contributed by atoms with van der Waals surface area (Å²) in [7, 11) is 4.03. The summed E-state index contributed by atoms with van der Waals surface area (Å²) in [5, 5.41) is 11.0. The number of hydrogen-bond donors (Lipinski definition) is 2. The lowest BCUT2D eigenvalue weighted by Crippen LogP contribution is -2.45. The van der Waals surface area contributed by atoms with Gasteiger partial charge in [-0.3, -0.25) is 9.89 Å². The third-order valence-corrected chi connectivity index (χ3v) is 6.35. The van der Waals surface area contributed by atoms with Gasteiger partial charge in [0, 0.05) is 43.0 Å². The highest BCUT2D eigenvalue weighted by Crippen LogP contribution is 2.35. The van der Waals surface area contributed by atoms with Crippen molar-refractivity contribution >= 4 is 52.9 Å². The molecule has 1 fully saturated rings. The number of rotatable bonds is 6. The van der Waals surface area contributed by atoms with Crippen molar-refractivity contribution in [1.29, 1.82) is 0 Å². The number of likely N-dealkylation sites (tertiary alicyclic amines) is 1. The number of nitrogens with one attached hydrogen (secondary N) is 2. The number of halogens is 2. The number of nitrogens with zero attached hydrogens (tertiary/aromatic N) is 3. The average Bonchev–Trinajstić information content (AvgIpc) is 3.09. The molecule has 2 atom stereocenters. The van der Waals surface area contributed by atoms with E-state index in [2.05, 4.69) is 50.1 Å². The number of aliphatic imine (C=N–C) groups is 1. The number of benzene rings is 1. The molecule has 5 nitrogen and oxygen atoms in total. The van der Waals surface area contributed by atoms with Gasteiger partial charge in [-0.2, -0.15) is 0 Å². The maximum atomic E-state index is 6.25. The van der Waals surface area contributed by atoms with E-state index in [1.807, 2.05) is 26.1 Å². The van der Waals surface area contributed by atoms with Crippen molar-refractivity contribution in [2.24, 2.45) is 10.9 Å². The highest BCUT2D eigenvalue weighted by Gasteiger charge is 2.30. The Morgan fingerprint density at radius 2 is 2.21 bits per heavy atom. The second kappa shape index (κ2) is 12.1. The molecule has 0 spiro atoms. The predicted octanol–water partition coefficient (Wildman–Crippen LogP) is 4.51. The van der Waals surface area contributed by atoms with Crippen molar-refractivity contribution in [2.45, 2.75) is 32.2 Å². The lowest BCUT2D eigenvalue weighted by Gasteiger charge is -2.40. The van der Waals surface area contributed by atoms with Crippen LogP contribution < -0.4 is 10.6 Å². The zero-order valence-corrected chi connectivity index (χ0v) is 21.2. The van der Waals surface area contributed by atoms with Crippen LogP contribution in [0.3, 0.4) is 0 Å². The van der Waals surface area contributed by atoms with Gasteiger partial charge >= 0.3 is 0 Å². The van der Waals surface area contributed by atoms with E-state index < -0.39 is 0 Å². The van der Waals surface area contributed by atoms with Crippen molar-refractivity contribution in [2.75, 3.05) is 33.7 Å². The number of aryl methyl sites for hydroxylation is 1. The van der Waals surface area contributed by atoms with Crippen LogP contribution in [0.1, 0.15) is 35.1 Å². The molecule has 8 heteroatoms. The fourth-order valence-corrected chi connectivity index (χ4v) is 4.82. The van der Waals surface area contributed by atoms with Crippen LogP contribution in [0.5, 0.6) is 0 Å². The molecule has 1 aliphatic heterocycles. The molecular formula is C21H31ClIN5S. The van der Waals surface area contributed by atoms with Gasteiger partial charge in [0.1, 0.15) is 0 Å². The molecule has 1 aromatic heterocycles. The zero-order chi connectivity index (χ0) is 19.9. The minimum Gasteiger partial charge on any atom is -0.356 e. The molecule has 2 heterocycles. The summed E-state index contributed by atoms with van der Waals surface area (Å²) in [4.78, 5) is 11.3. The van der Waals surface area contributed by atoms with Crippen LogP contribution in [0.25, 0.3) is 0 Å². The molecule has 0 radical (unpaired) electrons. The fourth-order valence-electron chi connectivity index (χ4n) is 3.97. The second-order valence-corrected chi connectivity index (χ2v) is 8.87. The Balaban J connectivity index is 0.00000300. The van der Waals surface area contributed by atoms with Gasteiger partial charge in [0.15, 0.2) is 5.96 Å². The van der Waals surface area contributed by atoms with E-state index in [0.29, 0.717) is 12.0 Å². The van der Waals surface area contributed by atoms with Crippen molar-refractivity contribution in [3.63, 3.8) is 0 Å². The first-order valence-corrected chi connectivity index (χ1v) is 11.1. The van der Waals surface area contributed by atoms with E-state index in [-0.39, 0.29) is 24.0 Å². The van der Waals surface area contributed by atoms with Crippen molar-refractivity contribution in [1.82, 2.24) is 20.5 Å². The van der Waals surface area contributed by atoms with Crippen LogP contribution >= 0.6 is 46.9 Å². The average molecular weight is 548 g/mol. The highest BCUT2D eigenvalue weighted by molar-refractivity contribution is 14.0. The molecular weight excluding hydrogens is 517 g/mol. The first-order valence-electron chi connectivity index (χ1n) is 9.88. The molecule has 0 saturated carbocycles. The zero-order valence-electron chi connectivity index (χ0n) is 17.3. The van der Waals surface area contributed by atoms with E-state index in [1.54, 1.807) is 11.3 Å². The number of thiazole rings is 1. The summed E-state index contributed by atoms with van der Waals surface area (Å²) < 4.78 is 0. The van der Waals surface area contributed by atoms with Crippen LogP contribution in [0.4, 0.5) is 0 Å². The number of piperidine rings is 1. The van der Waals surface area contributed by atoms with Gasteiger partial charge in [0.2, 0.25) is 0 Å². The normalized spacial score (nSPS) is 20.2. The molecule has 1 saturated heterocycles. The first-order chi connectivity index (χ1) is 13.6. The summed E-state index contributed by atoms with van der Waals surface area (Å²) in [5.74, 6) is 1.36. The topological polar surface area (TPSA) is 52.6 Å². The number of hydrogen-bond acceptors (Lipinski definition) is 4.